The first-order valence-corrected chi connectivity index (χ1v) is 4.75. The summed E-state index contributed by atoms with van der Waals surface area (Å²) in [6.45, 7) is 3.92. The highest BCUT2D eigenvalue weighted by Gasteiger charge is 2.01. The van der Waals surface area contributed by atoms with E-state index in [9.17, 15) is 0 Å². The second-order valence-corrected chi connectivity index (χ2v) is 3.81. The van der Waals surface area contributed by atoms with E-state index in [2.05, 4.69) is 20.9 Å². The van der Waals surface area contributed by atoms with Gasteiger partial charge in [-0.15, -0.1) is 0 Å². The molecule has 0 atom stereocenters. The minimum Gasteiger partial charge on any atom is -0.491 e. The molecule has 1 heterocycles. The molecule has 0 saturated carbocycles. The molecule has 0 aromatic carbocycles. The summed E-state index contributed by atoms with van der Waals surface area (Å²) in [5.41, 5.74) is 0. The van der Waals surface area contributed by atoms with Gasteiger partial charge in [-0.05, 0) is 29.8 Å². The Morgan fingerprint density at radius 2 is 2.17 bits per heavy atom. The maximum Gasteiger partial charge on any atom is 0.134 e. The lowest BCUT2D eigenvalue weighted by molar-refractivity contribution is 0.242. The second kappa shape index (κ2) is 4.10. The summed E-state index contributed by atoms with van der Waals surface area (Å²) in [6, 6.07) is 3.47. The lowest BCUT2D eigenvalue weighted by Crippen LogP contribution is -2.05. The van der Waals surface area contributed by atoms with Gasteiger partial charge in [0.1, 0.15) is 15.5 Å². The fraction of sp³-hybridized carbons (Fsp3) is 0.375. The largest absolute Gasteiger partial charge is 0.491 e. The number of pyridine rings is 1. The van der Waals surface area contributed by atoms with Crippen LogP contribution in [-0.2, 0) is 0 Å². The molecule has 1 aromatic rings. The molecule has 0 radical (unpaired) electrons. The van der Waals surface area contributed by atoms with E-state index in [1.807, 2.05) is 13.8 Å². The molecule has 0 saturated heterocycles. The van der Waals surface area contributed by atoms with E-state index in [1.165, 1.54) is 0 Å². The van der Waals surface area contributed by atoms with E-state index in [4.69, 9.17) is 16.3 Å². The minimum absolute atomic E-state index is 0.148. The van der Waals surface area contributed by atoms with E-state index >= 15 is 0 Å². The third-order valence-electron chi connectivity index (χ3n) is 1.11. The smallest absolute Gasteiger partial charge is 0.134 e. The molecule has 0 aliphatic carbocycles. The van der Waals surface area contributed by atoms with Gasteiger partial charge >= 0.3 is 0 Å². The normalized spacial score (nSPS) is 10.4. The first-order valence-electron chi connectivity index (χ1n) is 3.57. The highest BCUT2D eigenvalue weighted by atomic mass is 79.9. The molecular weight excluding hydrogens is 241 g/mol. The molecule has 0 N–H and O–H groups in total. The van der Waals surface area contributed by atoms with Crippen molar-refractivity contribution >= 4 is 27.5 Å². The molecule has 0 bridgehead atoms. The lowest BCUT2D eigenvalue weighted by Gasteiger charge is -2.09. The van der Waals surface area contributed by atoms with Crippen LogP contribution in [0, 0.1) is 0 Å². The predicted molar refractivity (Wildman–Crippen MR) is 52.7 cm³/mol. The number of hydrogen-bond acceptors (Lipinski definition) is 2. The Labute approximate surface area is 85.0 Å². The zero-order chi connectivity index (χ0) is 9.14. The standard InChI is InChI=1S/C8H9BrClNO/c1-5(2)12-6-3-7(9)11-8(10)4-6/h3-5H,1-2H3. The van der Waals surface area contributed by atoms with Gasteiger partial charge in [0.15, 0.2) is 0 Å². The maximum absolute atomic E-state index is 5.71. The van der Waals surface area contributed by atoms with Crippen LogP contribution in [0.3, 0.4) is 0 Å². The number of hydrogen-bond donors (Lipinski definition) is 0. The third-order valence-corrected chi connectivity index (χ3v) is 1.71. The zero-order valence-electron chi connectivity index (χ0n) is 6.84. The van der Waals surface area contributed by atoms with Gasteiger partial charge in [-0.2, -0.15) is 0 Å². The highest BCUT2D eigenvalue weighted by Crippen LogP contribution is 2.21. The molecule has 0 spiro atoms. The number of halogens is 2. The predicted octanol–water partition coefficient (Wildman–Crippen LogP) is 3.28. The number of rotatable bonds is 2. The summed E-state index contributed by atoms with van der Waals surface area (Å²) in [7, 11) is 0. The van der Waals surface area contributed by atoms with Crippen molar-refractivity contribution in [2.24, 2.45) is 0 Å². The first kappa shape index (κ1) is 9.81. The van der Waals surface area contributed by atoms with Crippen molar-refractivity contribution in [3.8, 4) is 5.75 Å². The highest BCUT2D eigenvalue weighted by molar-refractivity contribution is 9.10. The molecule has 2 nitrogen and oxygen atoms in total. The number of ether oxygens (including phenoxy) is 1. The molecular formula is C8H9BrClNO. The topological polar surface area (TPSA) is 22.1 Å². The summed E-state index contributed by atoms with van der Waals surface area (Å²) in [5, 5.41) is 0.431. The van der Waals surface area contributed by atoms with Crippen LogP contribution >= 0.6 is 27.5 Å². The molecule has 0 fully saturated rings. The molecule has 1 rings (SSSR count). The summed E-state index contributed by atoms with van der Waals surface area (Å²) in [5.74, 6) is 0.733. The van der Waals surface area contributed by atoms with E-state index in [0.717, 1.165) is 5.75 Å². The molecule has 1 aromatic heterocycles. The fourth-order valence-corrected chi connectivity index (χ4v) is 1.50. The van der Waals surface area contributed by atoms with Gasteiger partial charge in [0.25, 0.3) is 0 Å². The molecule has 0 aliphatic heterocycles. The Bertz CT molecular complexity index is 258. The Kier molecular flexibility index (Phi) is 3.35. The molecule has 0 unspecified atom stereocenters. The monoisotopic (exact) mass is 249 g/mol. The van der Waals surface area contributed by atoms with E-state index in [-0.39, 0.29) is 6.10 Å². The van der Waals surface area contributed by atoms with Gasteiger partial charge in [-0.25, -0.2) is 4.98 Å². The van der Waals surface area contributed by atoms with Crippen molar-refractivity contribution in [2.45, 2.75) is 20.0 Å². The summed E-state index contributed by atoms with van der Waals surface area (Å²) in [4.78, 5) is 3.94. The van der Waals surface area contributed by atoms with E-state index in [1.54, 1.807) is 12.1 Å². The minimum atomic E-state index is 0.148. The van der Waals surface area contributed by atoms with Crippen LogP contribution in [0.15, 0.2) is 16.7 Å². The summed E-state index contributed by atoms with van der Waals surface area (Å²) in [6.07, 6.45) is 0.148. The molecule has 0 amide bonds. The van der Waals surface area contributed by atoms with E-state index in [0.29, 0.717) is 9.76 Å². The van der Waals surface area contributed by atoms with Gasteiger partial charge in [-0.1, -0.05) is 11.6 Å². The number of aromatic nitrogens is 1. The van der Waals surface area contributed by atoms with Crippen LogP contribution < -0.4 is 4.74 Å². The van der Waals surface area contributed by atoms with Crippen LogP contribution in [0.25, 0.3) is 0 Å². The fourth-order valence-electron chi connectivity index (χ4n) is 0.783. The van der Waals surface area contributed by atoms with Gasteiger partial charge in [-0.3, -0.25) is 0 Å². The molecule has 12 heavy (non-hydrogen) atoms. The van der Waals surface area contributed by atoms with Crippen LogP contribution in [0.5, 0.6) is 5.75 Å². The van der Waals surface area contributed by atoms with Gasteiger partial charge in [0.05, 0.1) is 6.10 Å². The zero-order valence-corrected chi connectivity index (χ0v) is 9.19. The van der Waals surface area contributed by atoms with E-state index < -0.39 is 0 Å². The maximum atomic E-state index is 5.71. The Hall–Kier alpha value is -0.280. The molecule has 66 valence electrons. The Balaban J connectivity index is 2.85. The average Bonchev–Trinajstić information content (AvgIpc) is 1.81. The SMILES string of the molecule is CC(C)Oc1cc(Cl)nc(Br)c1. The first-order chi connectivity index (χ1) is 5.58. The Morgan fingerprint density at radius 3 is 2.67 bits per heavy atom. The summed E-state index contributed by atoms with van der Waals surface area (Å²) >= 11 is 8.94. The van der Waals surface area contributed by atoms with Crippen LogP contribution in [0.2, 0.25) is 5.15 Å². The lowest BCUT2D eigenvalue weighted by atomic mass is 10.4. The van der Waals surface area contributed by atoms with Gasteiger partial charge in [0, 0.05) is 12.1 Å². The Morgan fingerprint density at radius 1 is 1.50 bits per heavy atom. The number of nitrogens with zero attached hydrogens (tertiary/aromatic N) is 1. The second-order valence-electron chi connectivity index (χ2n) is 2.61. The van der Waals surface area contributed by atoms with Crippen molar-refractivity contribution in [3.63, 3.8) is 0 Å². The summed E-state index contributed by atoms with van der Waals surface area (Å²) < 4.78 is 6.11. The third kappa shape index (κ3) is 2.99. The van der Waals surface area contributed by atoms with Crippen LogP contribution in [0.4, 0.5) is 0 Å². The van der Waals surface area contributed by atoms with Crippen molar-refractivity contribution in [2.75, 3.05) is 0 Å². The van der Waals surface area contributed by atoms with Crippen molar-refractivity contribution in [1.82, 2.24) is 4.98 Å². The van der Waals surface area contributed by atoms with Gasteiger partial charge in [0.2, 0.25) is 0 Å². The molecule has 0 aliphatic rings. The van der Waals surface area contributed by atoms with Gasteiger partial charge < -0.3 is 4.74 Å². The van der Waals surface area contributed by atoms with Crippen LogP contribution in [-0.4, -0.2) is 11.1 Å². The van der Waals surface area contributed by atoms with Crippen LogP contribution in [0.1, 0.15) is 13.8 Å². The average molecular weight is 251 g/mol. The van der Waals surface area contributed by atoms with Crippen molar-refractivity contribution in [3.05, 3.63) is 21.9 Å². The quantitative estimate of drug-likeness (QED) is 0.752. The van der Waals surface area contributed by atoms with Crippen molar-refractivity contribution in [1.29, 1.82) is 0 Å². The van der Waals surface area contributed by atoms with Crippen molar-refractivity contribution < 1.29 is 4.74 Å². The molecule has 4 heteroatoms.